The van der Waals surface area contributed by atoms with Crippen molar-refractivity contribution in [2.45, 2.75) is 19.1 Å². The van der Waals surface area contributed by atoms with Gasteiger partial charge >= 0.3 is 0 Å². The number of nitrogens with zero attached hydrogens (tertiary/aromatic N) is 1. The zero-order valence-electron chi connectivity index (χ0n) is 10.6. The molecule has 0 aliphatic carbocycles. The first-order chi connectivity index (χ1) is 8.89. The lowest BCUT2D eigenvalue weighted by Crippen LogP contribution is -2.40. The minimum Gasteiger partial charge on any atom is -0.409 e. The number of hydrogen-bond acceptors (Lipinski definition) is 5. The molecule has 1 aromatic carbocycles. The van der Waals surface area contributed by atoms with Crippen LogP contribution in [0.1, 0.15) is 18.1 Å². The van der Waals surface area contributed by atoms with E-state index in [0.29, 0.717) is 5.56 Å². The van der Waals surface area contributed by atoms with Crippen LogP contribution in [0.4, 0.5) is 4.39 Å². The van der Waals surface area contributed by atoms with Gasteiger partial charge in [0.15, 0.2) is 5.84 Å². The Hall–Kier alpha value is -1.70. The lowest BCUT2D eigenvalue weighted by molar-refractivity contribution is 0.00249. The molecule has 0 saturated heterocycles. The summed E-state index contributed by atoms with van der Waals surface area (Å²) < 4.78 is 13.7. The van der Waals surface area contributed by atoms with Crippen LogP contribution in [-0.4, -0.2) is 40.0 Å². The molecule has 0 radical (unpaired) electrons. The largest absolute Gasteiger partial charge is 0.409 e. The third-order valence-electron chi connectivity index (χ3n) is 2.62. The molecule has 0 bridgehead atoms. The van der Waals surface area contributed by atoms with Crippen molar-refractivity contribution in [2.24, 2.45) is 10.9 Å². The monoisotopic (exact) mass is 271 g/mol. The first kappa shape index (κ1) is 15.4. The number of nitrogens with two attached hydrogens (primary N) is 1. The number of aliphatic hydroxyl groups is 2. The Morgan fingerprint density at radius 3 is 2.74 bits per heavy atom. The highest BCUT2D eigenvalue weighted by Gasteiger charge is 2.18. The van der Waals surface area contributed by atoms with E-state index in [1.165, 1.54) is 19.1 Å². The second-order valence-corrected chi connectivity index (χ2v) is 4.55. The van der Waals surface area contributed by atoms with Crippen molar-refractivity contribution in [2.75, 3.05) is 13.2 Å². The molecule has 0 saturated carbocycles. The Morgan fingerprint density at radius 2 is 2.21 bits per heavy atom. The van der Waals surface area contributed by atoms with E-state index in [0.717, 1.165) is 6.07 Å². The third kappa shape index (κ3) is 4.47. The summed E-state index contributed by atoms with van der Waals surface area (Å²) in [4.78, 5) is 0. The van der Waals surface area contributed by atoms with Crippen LogP contribution in [0.5, 0.6) is 0 Å². The molecule has 1 unspecified atom stereocenters. The molecule has 6 nitrogen and oxygen atoms in total. The van der Waals surface area contributed by atoms with Crippen molar-refractivity contribution in [3.8, 4) is 0 Å². The zero-order valence-corrected chi connectivity index (χ0v) is 10.6. The summed E-state index contributed by atoms with van der Waals surface area (Å²) in [5.74, 6) is -0.665. The molecule has 106 valence electrons. The molecule has 0 heterocycles. The van der Waals surface area contributed by atoms with E-state index in [2.05, 4.69) is 10.5 Å². The predicted molar refractivity (Wildman–Crippen MR) is 68.3 cm³/mol. The van der Waals surface area contributed by atoms with Crippen LogP contribution in [0.25, 0.3) is 0 Å². The molecule has 7 heteroatoms. The first-order valence-corrected chi connectivity index (χ1v) is 5.70. The quantitative estimate of drug-likeness (QED) is 0.212. The molecule has 1 rings (SSSR count). The van der Waals surface area contributed by atoms with Gasteiger partial charge in [0.05, 0.1) is 12.2 Å². The summed E-state index contributed by atoms with van der Waals surface area (Å²) in [6, 6.07) is 4.19. The normalized spacial score (nSPS) is 15.3. The topological polar surface area (TPSA) is 111 Å². The van der Waals surface area contributed by atoms with Crippen molar-refractivity contribution in [1.29, 1.82) is 0 Å². The third-order valence-corrected chi connectivity index (χ3v) is 2.62. The zero-order chi connectivity index (χ0) is 14.5. The average Bonchev–Trinajstić information content (AvgIpc) is 2.39. The lowest BCUT2D eigenvalue weighted by Gasteiger charge is -2.20. The minimum atomic E-state index is -1.25. The van der Waals surface area contributed by atoms with Gasteiger partial charge in [-0.25, -0.2) is 4.39 Å². The summed E-state index contributed by atoms with van der Waals surface area (Å²) in [5.41, 5.74) is 4.76. The van der Waals surface area contributed by atoms with Crippen LogP contribution in [0.3, 0.4) is 0 Å². The fourth-order valence-electron chi connectivity index (χ4n) is 1.43. The molecule has 0 aromatic heterocycles. The van der Waals surface area contributed by atoms with Crippen LogP contribution >= 0.6 is 0 Å². The van der Waals surface area contributed by atoms with Crippen LogP contribution in [0, 0.1) is 5.82 Å². The van der Waals surface area contributed by atoms with Gasteiger partial charge in [0, 0.05) is 24.2 Å². The van der Waals surface area contributed by atoms with Crippen molar-refractivity contribution in [3.05, 3.63) is 35.1 Å². The number of benzene rings is 1. The lowest BCUT2D eigenvalue weighted by atomic mass is 10.1. The van der Waals surface area contributed by atoms with Crippen molar-refractivity contribution in [1.82, 2.24) is 5.32 Å². The highest BCUT2D eigenvalue weighted by Crippen LogP contribution is 2.11. The summed E-state index contributed by atoms with van der Waals surface area (Å²) in [7, 11) is 0. The van der Waals surface area contributed by atoms with Gasteiger partial charge in [-0.05, 0) is 13.0 Å². The van der Waals surface area contributed by atoms with E-state index in [1.807, 2.05) is 0 Å². The van der Waals surface area contributed by atoms with E-state index in [-0.39, 0.29) is 31.1 Å². The maximum absolute atomic E-state index is 13.7. The van der Waals surface area contributed by atoms with Gasteiger partial charge in [0.25, 0.3) is 0 Å². The maximum atomic E-state index is 13.7. The molecule has 6 N–H and O–H groups in total. The highest BCUT2D eigenvalue weighted by atomic mass is 19.1. The van der Waals surface area contributed by atoms with E-state index in [1.54, 1.807) is 0 Å². The molecular formula is C12H18FN3O3. The fraction of sp³-hybridized carbons (Fsp3) is 0.417. The van der Waals surface area contributed by atoms with Crippen LogP contribution in [0.2, 0.25) is 0 Å². The Labute approximate surface area is 110 Å². The van der Waals surface area contributed by atoms with Crippen LogP contribution in [-0.2, 0) is 6.54 Å². The Kier molecular flexibility index (Phi) is 5.22. The van der Waals surface area contributed by atoms with Crippen LogP contribution < -0.4 is 11.1 Å². The fourth-order valence-corrected chi connectivity index (χ4v) is 1.43. The Morgan fingerprint density at radius 1 is 1.53 bits per heavy atom. The summed E-state index contributed by atoms with van der Waals surface area (Å²) in [6.07, 6.45) is 0. The number of nitrogens with one attached hydrogen (secondary N) is 1. The molecule has 0 fully saturated rings. The van der Waals surface area contributed by atoms with E-state index >= 15 is 0 Å². The summed E-state index contributed by atoms with van der Waals surface area (Å²) in [5, 5.41) is 32.5. The standard InChI is InChI=1S/C12H18FN3O3/c1-12(18,7-17)6-15-5-9-3-2-8(4-10(9)13)11(14)16-19/h2-4,15,17-19H,5-7H2,1H3,(H2,14,16). The number of halogens is 1. The summed E-state index contributed by atoms with van der Waals surface area (Å²) in [6.45, 7) is 1.41. The summed E-state index contributed by atoms with van der Waals surface area (Å²) >= 11 is 0. The Bertz CT molecular complexity index is 464. The predicted octanol–water partition coefficient (Wildman–Crippen LogP) is -0.247. The molecule has 19 heavy (non-hydrogen) atoms. The smallest absolute Gasteiger partial charge is 0.170 e. The number of oxime groups is 1. The molecule has 0 amide bonds. The molecule has 0 aliphatic heterocycles. The van der Waals surface area contributed by atoms with Gasteiger partial charge in [0.2, 0.25) is 0 Å². The van der Waals surface area contributed by atoms with Crippen molar-refractivity contribution < 1.29 is 19.8 Å². The number of rotatable bonds is 6. The van der Waals surface area contributed by atoms with Gasteiger partial charge in [-0.3, -0.25) is 0 Å². The SMILES string of the molecule is CC(O)(CO)CNCc1ccc(C(N)=NO)cc1F. The average molecular weight is 271 g/mol. The molecule has 0 aliphatic rings. The second kappa shape index (κ2) is 6.46. The molecule has 1 aromatic rings. The van der Waals surface area contributed by atoms with Crippen molar-refractivity contribution >= 4 is 5.84 Å². The molecular weight excluding hydrogens is 253 g/mol. The number of hydrogen-bond donors (Lipinski definition) is 5. The number of amidine groups is 1. The number of aliphatic hydroxyl groups excluding tert-OH is 1. The Balaban J connectivity index is 2.66. The van der Waals surface area contributed by atoms with Gasteiger partial charge in [-0.15, -0.1) is 0 Å². The minimum absolute atomic E-state index is 0.130. The van der Waals surface area contributed by atoms with E-state index < -0.39 is 11.4 Å². The van der Waals surface area contributed by atoms with Crippen molar-refractivity contribution in [3.63, 3.8) is 0 Å². The van der Waals surface area contributed by atoms with Gasteiger partial charge in [-0.1, -0.05) is 17.3 Å². The maximum Gasteiger partial charge on any atom is 0.170 e. The van der Waals surface area contributed by atoms with Gasteiger partial charge in [0.1, 0.15) is 5.82 Å². The highest BCUT2D eigenvalue weighted by molar-refractivity contribution is 5.97. The van der Waals surface area contributed by atoms with Gasteiger partial charge in [-0.2, -0.15) is 0 Å². The second-order valence-electron chi connectivity index (χ2n) is 4.55. The van der Waals surface area contributed by atoms with E-state index in [9.17, 15) is 9.50 Å². The first-order valence-electron chi connectivity index (χ1n) is 5.70. The van der Waals surface area contributed by atoms with Gasteiger partial charge < -0.3 is 26.5 Å². The van der Waals surface area contributed by atoms with Crippen LogP contribution in [0.15, 0.2) is 23.4 Å². The molecule has 0 spiro atoms. The van der Waals surface area contributed by atoms with E-state index in [4.69, 9.17) is 16.0 Å². The molecule has 1 atom stereocenters.